The van der Waals surface area contributed by atoms with Crippen LogP contribution in [0.4, 0.5) is 0 Å². The summed E-state index contributed by atoms with van der Waals surface area (Å²) >= 11 is 0. The van der Waals surface area contributed by atoms with Crippen molar-refractivity contribution in [2.24, 2.45) is 5.92 Å². The molecule has 7 heteroatoms. The van der Waals surface area contributed by atoms with Crippen LogP contribution in [-0.4, -0.2) is 38.0 Å². The number of benzene rings is 2. The minimum Gasteiger partial charge on any atom is -0.457 e. The quantitative estimate of drug-likeness (QED) is 0.521. The van der Waals surface area contributed by atoms with E-state index >= 15 is 0 Å². The van der Waals surface area contributed by atoms with Crippen LogP contribution in [0.3, 0.4) is 0 Å². The maximum Gasteiger partial charge on any atom is 0.225 e. The van der Waals surface area contributed by atoms with Gasteiger partial charge in [0.15, 0.2) is 0 Å². The lowest BCUT2D eigenvalue weighted by atomic mass is 10.1. The first-order chi connectivity index (χ1) is 14.2. The molecular formula is C22H21N5O2. The van der Waals surface area contributed by atoms with Crippen LogP contribution in [0.1, 0.15) is 18.7 Å². The zero-order chi connectivity index (χ0) is 19.8. The number of H-pyrrole nitrogens is 2. The van der Waals surface area contributed by atoms with E-state index < -0.39 is 0 Å². The molecule has 2 aromatic carbocycles. The molecule has 0 bridgehead atoms. The van der Waals surface area contributed by atoms with Gasteiger partial charge >= 0.3 is 0 Å². The number of imidazole rings is 1. The normalized spacial score (nSPS) is 13.6. The molecule has 0 saturated heterocycles. The third kappa shape index (κ3) is 3.71. The summed E-state index contributed by atoms with van der Waals surface area (Å²) in [4.78, 5) is 21.8. The molecule has 1 aliphatic carbocycles. The first-order valence-corrected chi connectivity index (χ1v) is 9.67. The largest absolute Gasteiger partial charge is 0.457 e. The van der Waals surface area contributed by atoms with E-state index in [0.29, 0.717) is 6.54 Å². The van der Waals surface area contributed by atoms with Gasteiger partial charge in [0.05, 0.1) is 23.3 Å². The Morgan fingerprint density at radius 2 is 1.93 bits per heavy atom. The van der Waals surface area contributed by atoms with Crippen LogP contribution >= 0.6 is 0 Å². The van der Waals surface area contributed by atoms with Crippen molar-refractivity contribution < 1.29 is 9.53 Å². The Morgan fingerprint density at radius 1 is 1.14 bits per heavy atom. The highest BCUT2D eigenvalue weighted by atomic mass is 16.5. The fourth-order valence-corrected chi connectivity index (χ4v) is 3.38. The molecule has 0 radical (unpaired) electrons. The zero-order valence-electron chi connectivity index (χ0n) is 16.1. The molecule has 0 aliphatic heterocycles. The first-order valence-electron chi connectivity index (χ1n) is 9.67. The summed E-state index contributed by atoms with van der Waals surface area (Å²) in [6.07, 6.45) is 3.74. The highest BCUT2D eigenvalue weighted by Gasteiger charge is 2.32. The molecule has 7 nitrogen and oxygen atoms in total. The molecule has 2 heterocycles. The van der Waals surface area contributed by atoms with Crippen LogP contribution < -0.4 is 4.74 Å². The lowest BCUT2D eigenvalue weighted by Crippen LogP contribution is -2.27. The summed E-state index contributed by atoms with van der Waals surface area (Å²) in [5.41, 5.74) is 3.76. The third-order valence-corrected chi connectivity index (χ3v) is 5.09. The van der Waals surface area contributed by atoms with Gasteiger partial charge in [0.2, 0.25) is 5.91 Å². The molecule has 146 valence electrons. The predicted molar refractivity (Wildman–Crippen MR) is 109 cm³/mol. The van der Waals surface area contributed by atoms with Crippen molar-refractivity contribution in [1.82, 2.24) is 25.1 Å². The molecule has 2 aromatic heterocycles. The van der Waals surface area contributed by atoms with E-state index in [-0.39, 0.29) is 11.8 Å². The van der Waals surface area contributed by atoms with Gasteiger partial charge in [0.1, 0.15) is 17.3 Å². The van der Waals surface area contributed by atoms with Gasteiger partial charge in [-0.1, -0.05) is 0 Å². The van der Waals surface area contributed by atoms with Crippen LogP contribution in [0.2, 0.25) is 0 Å². The monoisotopic (exact) mass is 387 g/mol. The molecule has 5 rings (SSSR count). The minimum absolute atomic E-state index is 0.202. The molecule has 0 spiro atoms. The van der Waals surface area contributed by atoms with Crippen LogP contribution in [0.5, 0.6) is 11.5 Å². The number of hydrogen-bond acceptors (Lipinski definition) is 4. The number of carbonyl (C=O) groups excluding carboxylic acids is 1. The van der Waals surface area contributed by atoms with Gasteiger partial charge < -0.3 is 14.6 Å². The van der Waals surface area contributed by atoms with Gasteiger partial charge in [-0.25, -0.2) is 4.98 Å². The molecule has 1 amide bonds. The van der Waals surface area contributed by atoms with Gasteiger partial charge in [-0.3, -0.25) is 9.89 Å². The summed E-state index contributed by atoms with van der Waals surface area (Å²) in [5, 5.41) is 6.92. The van der Waals surface area contributed by atoms with Crippen molar-refractivity contribution in [1.29, 1.82) is 0 Å². The predicted octanol–water partition coefficient (Wildman–Crippen LogP) is 4.11. The number of aromatic amines is 2. The van der Waals surface area contributed by atoms with Gasteiger partial charge in [-0.2, -0.15) is 5.10 Å². The van der Waals surface area contributed by atoms with Crippen molar-refractivity contribution in [2.45, 2.75) is 19.4 Å². The van der Waals surface area contributed by atoms with Crippen molar-refractivity contribution in [2.75, 3.05) is 7.05 Å². The number of aromatic nitrogens is 4. The number of amides is 1. The minimum atomic E-state index is 0.202. The van der Waals surface area contributed by atoms with Crippen LogP contribution in [0.25, 0.3) is 22.3 Å². The second-order valence-electron chi connectivity index (χ2n) is 7.43. The highest BCUT2D eigenvalue weighted by Crippen LogP contribution is 2.31. The van der Waals surface area contributed by atoms with Gasteiger partial charge in [0, 0.05) is 25.2 Å². The van der Waals surface area contributed by atoms with Crippen molar-refractivity contribution in [3.8, 4) is 22.8 Å². The lowest BCUT2D eigenvalue weighted by molar-refractivity contribution is -0.131. The Bertz CT molecular complexity index is 1140. The molecule has 2 N–H and O–H groups in total. The van der Waals surface area contributed by atoms with E-state index in [9.17, 15) is 4.79 Å². The summed E-state index contributed by atoms with van der Waals surface area (Å²) in [5.74, 6) is 2.67. The molecule has 0 unspecified atom stereocenters. The van der Waals surface area contributed by atoms with Crippen LogP contribution in [-0.2, 0) is 11.3 Å². The molecule has 4 aromatic rings. The van der Waals surface area contributed by atoms with Crippen molar-refractivity contribution >= 4 is 16.9 Å². The van der Waals surface area contributed by atoms with E-state index in [1.54, 1.807) is 11.1 Å². The summed E-state index contributed by atoms with van der Waals surface area (Å²) in [6, 6.07) is 15.5. The number of fused-ring (bicyclic) bond motifs is 1. The maximum atomic E-state index is 12.1. The van der Waals surface area contributed by atoms with Gasteiger partial charge in [-0.05, 0) is 60.9 Å². The third-order valence-electron chi connectivity index (χ3n) is 5.09. The fraction of sp³-hybridized carbons (Fsp3) is 0.227. The molecule has 29 heavy (non-hydrogen) atoms. The Labute approximate surface area is 167 Å². The van der Waals surface area contributed by atoms with E-state index in [4.69, 9.17) is 4.74 Å². The van der Waals surface area contributed by atoms with E-state index in [0.717, 1.165) is 52.5 Å². The summed E-state index contributed by atoms with van der Waals surface area (Å²) in [6.45, 7) is 0.481. The Hall–Kier alpha value is -3.61. The number of ether oxygens (including phenoxy) is 1. The van der Waals surface area contributed by atoms with E-state index in [2.05, 4.69) is 20.2 Å². The number of carbonyl (C=O) groups is 1. The number of nitrogens with zero attached hydrogens (tertiary/aromatic N) is 3. The van der Waals surface area contributed by atoms with Crippen LogP contribution in [0.15, 0.2) is 54.7 Å². The first kappa shape index (κ1) is 17.5. The molecule has 0 atom stereocenters. The average molecular weight is 387 g/mol. The van der Waals surface area contributed by atoms with E-state index in [1.807, 2.05) is 55.6 Å². The van der Waals surface area contributed by atoms with E-state index in [1.165, 1.54) is 0 Å². The van der Waals surface area contributed by atoms with Crippen molar-refractivity contribution in [3.63, 3.8) is 0 Å². The molecule has 1 saturated carbocycles. The Kier molecular flexibility index (Phi) is 4.27. The van der Waals surface area contributed by atoms with Gasteiger partial charge in [-0.15, -0.1) is 0 Å². The number of nitrogens with one attached hydrogen (secondary N) is 2. The molecular weight excluding hydrogens is 366 g/mol. The zero-order valence-corrected chi connectivity index (χ0v) is 16.1. The summed E-state index contributed by atoms with van der Waals surface area (Å²) in [7, 11) is 1.83. The summed E-state index contributed by atoms with van der Waals surface area (Å²) < 4.78 is 5.99. The lowest BCUT2D eigenvalue weighted by Gasteiger charge is -2.14. The second-order valence-corrected chi connectivity index (χ2v) is 7.43. The topological polar surface area (TPSA) is 86.9 Å². The highest BCUT2D eigenvalue weighted by molar-refractivity contribution is 5.81. The fourth-order valence-electron chi connectivity index (χ4n) is 3.38. The Morgan fingerprint density at radius 3 is 2.66 bits per heavy atom. The molecule has 1 fully saturated rings. The number of rotatable bonds is 6. The Balaban J connectivity index is 1.30. The second kappa shape index (κ2) is 7.09. The van der Waals surface area contributed by atoms with Crippen molar-refractivity contribution in [3.05, 3.63) is 60.6 Å². The van der Waals surface area contributed by atoms with Gasteiger partial charge in [0.25, 0.3) is 0 Å². The smallest absolute Gasteiger partial charge is 0.225 e. The average Bonchev–Trinajstić information content (AvgIpc) is 3.27. The SMILES string of the molecule is CN(Cc1nc2ccc(Oc3ccc(-c4ccn[nH]4)cc3)cc2[nH]1)C(=O)C1CC1. The van der Waals surface area contributed by atoms with Crippen LogP contribution in [0, 0.1) is 5.92 Å². The number of hydrogen-bond donors (Lipinski definition) is 2. The standard InChI is InChI=1S/C22H21N5O2/c1-27(22(28)15-2-3-15)13-21-24-19-9-8-17(12-20(19)25-21)29-16-6-4-14(5-7-16)18-10-11-23-26-18/h4-12,15H,2-3,13H2,1H3,(H,23,26)(H,24,25). The maximum absolute atomic E-state index is 12.1. The molecule has 1 aliphatic rings.